The number of carbonyl (C=O) groups excluding carboxylic acids is 1. The summed E-state index contributed by atoms with van der Waals surface area (Å²) < 4.78 is 294. The quantitative estimate of drug-likeness (QED) is 0.0523. The molecule has 0 radical (unpaired) electrons. The van der Waals surface area contributed by atoms with Crippen molar-refractivity contribution in [2.75, 3.05) is 0 Å². The molecule has 3 nitrogen and oxygen atoms in total. The van der Waals surface area contributed by atoms with E-state index in [1.807, 2.05) is 0 Å². The average Bonchev–Trinajstić information content (AvgIpc) is 0.682. The van der Waals surface area contributed by atoms with Crippen LogP contribution in [0.2, 0.25) is 0 Å². The summed E-state index contributed by atoms with van der Waals surface area (Å²) in [5.41, 5.74) is -7.48. The second-order valence-corrected chi connectivity index (χ2v) is 39.7. The Hall–Kier alpha value is -3.97. The number of benzene rings is 4. The van der Waals surface area contributed by atoms with Crippen molar-refractivity contribution >= 4 is 48.5 Å². The molecule has 99 heavy (non-hydrogen) atoms. The van der Waals surface area contributed by atoms with Crippen molar-refractivity contribution < 1.29 is 118 Å². The molecule has 4 aromatic carbocycles. The maximum Gasteiger partial charge on any atom is 2.00 e. The van der Waals surface area contributed by atoms with Gasteiger partial charge in [-0.3, -0.25) is 0 Å². The van der Waals surface area contributed by atoms with Crippen LogP contribution in [0.15, 0.2) is 0 Å². The minimum atomic E-state index is -7.22. The average molecular weight is 1560 g/mol. The number of carboxylic acids is 1. The van der Waals surface area contributed by atoms with Gasteiger partial charge in [0.1, 0.15) is 52.7 Å². The Balaban J connectivity index is 0.000000275. The van der Waals surface area contributed by atoms with E-state index in [2.05, 4.69) is 41.5 Å². The zero-order valence-electron chi connectivity index (χ0n) is 57.3. The number of carboxylic acid groups (broad SMARTS) is 1. The summed E-state index contributed by atoms with van der Waals surface area (Å²) >= 11 is 0. The predicted molar refractivity (Wildman–Crippen MR) is 346 cm³/mol. The normalized spacial score (nSPS) is 18.5. The van der Waals surface area contributed by atoms with Gasteiger partial charge in [-0.2, -0.15) is 5.26 Å². The van der Waals surface area contributed by atoms with Gasteiger partial charge in [-0.05, 0) is 203 Å². The smallest absolute Gasteiger partial charge is 0.550 e. The van der Waals surface area contributed by atoms with Crippen LogP contribution in [0.5, 0.6) is 0 Å². The van der Waals surface area contributed by atoms with Crippen LogP contribution in [0, 0.1) is 128 Å². The van der Waals surface area contributed by atoms with Gasteiger partial charge in [-0.15, -0.1) is 21.9 Å². The number of nitriles is 1. The number of halogens is 20. The summed E-state index contributed by atoms with van der Waals surface area (Å²) in [6, 6.07) is 1.75. The first-order valence-corrected chi connectivity index (χ1v) is 38.5. The van der Waals surface area contributed by atoms with Gasteiger partial charge in [0, 0.05) is 27.4 Å². The Morgan fingerprint density at radius 2 is 0.414 bits per heavy atom. The molecular weight excluding hydrogens is 1470 g/mol. The van der Waals surface area contributed by atoms with E-state index in [1.54, 1.807) is 160 Å². The van der Waals surface area contributed by atoms with Gasteiger partial charge >= 0.3 is 20.4 Å². The van der Waals surface area contributed by atoms with Crippen LogP contribution >= 0.6 is 14.5 Å². The number of hydrogen-bond donors (Lipinski definition) is 0. The van der Waals surface area contributed by atoms with Crippen molar-refractivity contribution in [2.24, 2.45) is 0 Å². The van der Waals surface area contributed by atoms with Crippen molar-refractivity contribution in [1.29, 1.82) is 5.26 Å². The topological polar surface area (TPSA) is 63.9 Å². The molecule has 6 aliphatic carbocycles. The van der Waals surface area contributed by atoms with E-state index in [9.17, 15) is 52.7 Å². The fraction of sp³-hybridized carbons (Fsp3) is 0.639. The van der Waals surface area contributed by atoms with E-state index in [0.29, 0.717) is 10.3 Å². The first kappa shape index (κ1) is 85.7. The zero-order valence-corrected chi connectivity index (χ0v) is 60.6. The van der Waals surface area contributed by atoms with Crippen LogP contribution in [0.3, 0.4) is 0 Å². The molecule has 0 saturated heterocycles. The molecular formula is C72H90BF20NO2P2Pd+2. The largest absolute Gasteiger partial charge is 2.00 e. The summed E-state index contributed by atoms with van der Waals surface area (Å²) in [5.74, 6) is -72.5. The van der Waals surface area contributed by atoms with Gasteiger partial charge in [0.15, 0.2) is 69.8 Å². The van der Waals surface area contributed by atoms with Crippen LogP contribution in [0.25, 0.3) is 0 Å². The third-order valence-corrected chi connectivity index (χ3v) is 37.1. The third kappa shape index (κ3) is 16.8. The SMILES string of the molecule is CC#N.CC(=O)[O-].CC(C)(C)[P+](C1CCCCC1)(C1CCCCC1)C1CCCCC1.CC(C)(C)[P+](C1CCCCC1)(C1CCCCC1)C1CCCCC1.Fc1c(F)c(F)c([B-](c2c(F)c(F)c(F)c(F)c2F)(c2c(F)c(F)c(F)c(F)c2F)c2c(F)c(F)c(F)c(F)c2F)c(F)c1F.[Pd+2]. The Kier molecular flexibility index (Phi) is 31.3. The standard InChI is InChI=1S/C24BF20.2C22H42P.C2H3N.C2H4O2.Pd/c26-5-1(6(27)14(35)21(42)13(5)34)25(2-7(28)15(36)22(43)16(37)8(2)29,3-9(30)17(38)23(44)18(39)10(3)31)4-11(32)19(40)24(45)20(41)12(4)33;2*1-22(2,3)23(19-13-7-4-8-14-19,20-15-9-5-10-16-20)21-17-11-6-12-18-21;1-2-3;1-2(3)4;/h;2*19-21H,4-18H2,1-3H3;1H3;1H3,(H,3,4);/q-1;2*+1;;;+2/p-1. The fourth-order valence-corrected chi connectivity index (χ4v) is 36.5. The van der Waals surface area contributed by atoms with Gasteiger partial charge in [0.25, 0.3) is 0 Å². The molecule has 6 aliphatic rings. The molecule has 27 heteroatoms. The minimum Gasteiger partial charge on any atom is -0.550 e. The van der Waals surface area contributed by atoms with Crippen LogP contribution in [0.1, 0.15) is 248 Å². The van der Waals surface area contributed by atoms with Gasteiger partial charge in [0.05, 0.1) is 50.3 Å². The molecule has 0 heterocycles. The third-order valence-electron chi connectivity index (χ3n) is 22.1. The molecule has 0 aromatic heterocycles. The van der Waals surface area contributed by atoms with E-state index in [4.69, 9.17) is 15.2 Å². The monoisotopic (exact) mass is 1560 g/mol. The first-order chi connectivity index (χ1) is 46.0. The first-order valence-electron chi connectivity index (χ1n) is 34.5. The predicted octanol–water partition coefficient (Wildman–Crippen LogP) is 20.7. The molecule has 556 valence electrons. The Labute approximate surface area is 583 Å². The van der Waals surface area contributed by atoms with E-state index in [-0.39, 0.29) is 20.4 Å². The summed E-state index contributed by atoms with van der Waals surface area (Å²) in [6.45, 7) is 18.5. The molecule has 6 saturated carbocycles. The zero-order chi connectivity index (χ0) is 73.3. The Bertz CT molecular complexity index is 2900. The Morgan fingerprint density at radius 1 is 0.313 bits per heavy atom. The number of aliphatic carboxylic acids is 1. The molecule has 0 bridgehead atoms. The van der Waals surface area contributed by atoms with Crippen molar-refractivity contribution in [3.05, 3.63) is 116 Å². The molecule has 4 aromatic rings. The van der Waals surface area contributed by atoms with E-state index >= 15 is 35.1 Å². The van der Waals surface area contributed by atoms with Crippen LogP contribution in [-0.2, 0) is 25.2 Å². The van der Waals surface area contributed by atoms with Gasteiger partial charge < -0.3 is 9.90 Å². The molecule has 0 spiro atoms. The summed E-state index contributed by atoms with van der Waals surface area (Å²) in [6.07, 6.45) is 39.6. The van der Waals surface area contributed by atoms with Gasteiger partial charge in [-0.1, -0.05) is 38.5 Å². The second kappa shape index (κ2) is 36.2. The van der Waals surface area contributed by atoms with Crippen molar-refractivity contribution in [1.82, 2.24) is 0 Å². The molecule has 0 atom stereocenters. The van der Waals surface area contributed by atoms with Crippen LogP contribution < -0.4 is 27.0 Å². The fourth-order valence-electron chi connectivity index (χ4n) is 19.0. The van der Waals surface area contributed by atoms with Gasteiger partial charge in [-0.25, -0.2) is 87.8 Å². The van der Waals surface area contributed by atoms with Crippen molar-refractivity contribution in [3.63, 3.8) is 0 Å². The number of nitrogens with zero attached hydrogens (tertiary/aromatic N) is 1. The van der Waals surface area contributed by atoms with Crippen molar-refractivity contribution in [2.45, 2.75) is 292 Å². The summed E-state index contributed by atoms with van der Waals surface area (Å²) in [5, 5.41) is 17.4. The van der Waals surface area contributed by atoms with E-state index in [0.717, 1.165) is 40.9 Å². The minimum absolute atomic E-state index is 0. The number of hydrogen-bond acceptors (Lipinski definition) is 3. The van der Waals surface area contributed by atoms with Gasteiger partial charge in [0.2, 0.25) is 0 Å². The Morgan fingerprint density at radius 3 is 0.515 bits per heavy atom. The van der Waals surface area contributed by atoms with Crippen molar-refractivity contribution in [3.8, 4) is 6.07 Å². The molecule has 0 aliphatic heterocycles. The molecule has 0 N–H and O–H groups in total. The van der Waals surface area contributed by atoms with E-state index < -0.39 is 165 Å². The van der Waals surface area contributed by atoms with Crippen LogP contribution in [0.4, 0.5) is 87.8 Å². The maximum absolute atomic E-state index is 15.4. The number of rotatable bonds is 10. The maximum atomic E-state index is 15.4. The van der Waals surface area contributed by atoms with Crippen LogP contribution in [-0.4, -0.2) is 56.4 Å². The van der Waals surface area contributed by atoms with E-state index in [1.165, 1.54) is 45.4 Å². The molecule has 0 unspecified atom stereocenters. The molecule has 0 amide bonds. The molecule has 6 fully saturated rings. The summed E-state index contributed by atoms with van der Waals surface area (Å²) in [7, 11) is -1.81. The second-order valence-electron chi connectivity index (χ2n) is 29.3. The molecule has 10 rings (SSSR count). The number of carbonyl (C=O) groups is 1. The summed E-state index contributed by atoms with van der Waals surface area (Å²) in [4.78, 5) is 8.89.